The highest BCUT2D eigenvalue weighted by molar-refractivity contribution is 6.09. The number of anilines is 1. The Hall–Kier alpha value is -2.44. The quantitative estimate of drug-likeness (QED) is 0.489. The molecule has 0 aliphatic heterocycles. The zero-order chi connectivity index (χ0) is 14.0. The Balaban J connectivity index is 2.11. The van der Waals surface area contributed by atoms with Gasteiger partial charge >= 0.3 is 5.97 Å². The molecule has 0 saturated heterocycles. The Morgan fingerprint density at radius 3 is 2.21 bits per heavy atom. The number of nitrogens with zero attached hydrogens (tertiary/aromatic N) is 1. The molecule has 1 aliphatic rings. The zero-order valence-electron chi connectivity index (χ0n) is 9.96. The lowest BCUT2D eigenvalue weighted by Crippen LogP contribution is -2.48. The molecule has 0 unspecified atom stereocenters. The van der Waals surface area contributed by atoms with E-state index in [1.165, 1.54) is 24.3 Å². The molecule has 100 valence electrons. The maximum atomic E-state index is 12.0. The Morgan fingerprint density at radius 2 is 1.84 bits per heavy atom. The van der Waals surface area contributed by atoms with Gasteiger partial charge in [0.25, 0.3) is 5.69 Å². The lowest BCUT2D eigenvalue weighted by atomic mass is 9.68. The van der Waals surface area contributed by atoms with Crippen LogP contribution in [0.1, 0.15) is 19.3 Å². The van der Waals surface area contributed by atoms with Gasteiger partial charge in [-0.15, -0.1) is 0 Å². The fourth-order valence-electron chi connectivity index (χ4n) is 1.99. The SMILES string of the molecule is O=C(O)C1(C(=O)Nc2ccc([N+](=O)[O-])cc2)CCC1. The Kier molecular flexibility index (Phi) is 3.20. The highest BCUT2D eigenvalue weighted by Crippen LogP contribution is 2.42. The van der Waals surface area contributed by atoms with Gasteiger partial charge in [0.15, 0.2) is 0 Å². The minimum Gasteiger partial charge on any atom is -0.480 e. The highest BCUT2D eigenvalue weighted by atomic mass is 16.6. The van der Waals surface area contributed by atoms with Crippen molar-refractivity contribution in [2.24, 2.45) is 5.41 Å². The van der Waals surface area contributed by atoms with Crippen molar-refractivity contribution in [1.82, 2.24) is 0 Å². The Morgan fingerprint density at radius 1 is 1.26 bits per heavy atom. The number of hydrogen-bond acceptors (Lipinski definition) is 4. The molecule has 19 heavy (non-hydrogen) atoms. The Labute approximate surface area is 108 Å². The van der Waals surface area contributed by atoms with Crippen molar-refractivity contribution in [1.29, 1.82) is 0 Å². The number of hydrogen-bond donors (Lipinski definition) is 2. The van der Waals surface area contributed by atoms with Gasteiger partial charge in [-0.1, -0.05) is 6.42 Å². The lowest BCUT2D eigenvalue weighted by Gasteiger charge is -2.35. The van der Waals surface area contributed by atoms with Crippen LogP contribution in [0.4, 0.5) is 11.4 Å². The topological polar surface area (TPSA) is 110 Å². The van der Waals surface area contributed by atoms with Gasteiger partial charge in [-0.3, -0.25) is 19.7 Å². The maximum absolute atomic E-state index is 12.0. The van der Waals surface area contributed by atoms with E-state index in [0.29, 0.717) is 24.9 Å². The summed E-state index contributed by atoms with van der Waals surface area (Å²) in [6.07, 6.45) is 1.35. The van der Waals surface area contributed by atoms with E-state index in [2.05, 4.69) is 5.32 Å². The summed E-state index contributed by atoms with van der Waals surface area (Å²) in [5.41, 5.74) is -1.08. The number of carboxylic acid groups (broad SMARTS) is 1. The minimum atomic E-state index is -1.35. The smallest absolute Gasteiger partial charge is 0.319 e. The predicted octanol–water partition coefficient (Wildman–Crippen LogP) is 1.79. The van der Waals surface area contributed by atoms with E-state index >= 15 is 0 Å². The van der Waals surface area contributed by atoms with Gasteiger partial charge in [0.05, 0.1) is 4.92 Å². The molecule has 7 nitrogen and oxygen atoms in total. The first-order valence-electron chi connectivity index (χ1n) is 5.75. The van der Waals surface area contributed by atoms with Crippen LogP contribution in [0.15, 0.2) is 24.3 Å². The van der Waals surface area contributed by atoms with Crippen molar-refractivity contribution in [2.75, 3.05) is 5.32 Å². The number of carbonyl (C=O) groups excluding carboxylic acids is 1. The standard InChI is InChI=1S/C12H12N2O5/c15-10(12(11(16)17)6-1-7-12)13-8-2-4-9(5-3-8)14(18)19/h2-5H,1,6-7H2,(H,13,15)(H,16,17). The van der Waals surface area contributed by atoms with Crippen LogP contribution in [0, 0.1) is 15.5 Å². The van der Waals surface area contributed by atoms with Crippen LogP contribution in [0.5, 0.6) is 0 Å². The van der Waals surface area contributed by atoms with Crippen molar-refractivity contribution in [3.05, 3.63) is 34.4 Å². The predicted molar refractivity (Wildman–Crippen MR) is 65.6 cm³/mol. The van der Waals surface area contributed by atoms with Crippen molar-refractivity contribution in [2.45, 2.75) is 19.3 Å². The van der Waals surface area contributed by atoms with Crippen molar-refractivity contribution < 1.29 is 19.6 Å². The summed E-state index contributed by atoms with van der Waals surface area (Å²) in [4.78, 5) is 33.0. The summed E-state index contributed by atoms with van der Waals surface area (Å²) < 4.78 is 0. The molecule has 1 fully saturated rings. The van der Waals surface area contributed by atoms with Crippen molar-refractivity contribution in [3.8, 4) is 0 Å². The summed E-state index contributed by atoms with van der Waals surface area (Å²) in [5, 5.41) is 22.1. The van der Waals surface area contributed by atoms with E-state index in [1.54, 1.807) is 0 Å². The number of rotatable bonds is 4. The van der Waals surface area contributed by atoms with E-state index in [-0.39, 0.29) is 5.69 Å². The molecule has 0 aromatic heterocycles. The van der Waals surface area contributed by atoms with E-state index in [4.69, 9.17) is 5.11 Å². The zero-order valence-corrected chi connectivity index (χ0v) is 9.96. The van der Waals surface area contributed by atoms with Gasteiger partial charge in [-0.05, 0) is 25.0 Å². The molecule has 1 aromatic carbocycles. The first-order valence-corrected chi connectivity index (χ1v) is 5.75. The third-order valence-corrected chi connectivity index (χ3v) is 3.39. The minimum absolute atomic E-state index is 0.0883. The number of amides is 1. The van der Waals surface area contributed by atoms with E-state index in [1.807, 2.05) is 0 Å². The van der Waals surface area contributed by atoms with Gasteiger partial charge in [0, 0.05) is 17.8 Å². The summed E-state index contributed by atoms with van der Waals surface area (Å²) in [6, 6.07) is 5.27. The normalized spacial score (nSPS) is 16.2. The molecular weight excluding hydrogens is 252 g/mol. The van der Waals surface area contributed by atoms with Gasteiger partial charge in [0.2, 0.25) is 5.91 Å². The van der Waals surface area contributed by atoms with Gasteiger partial charge < -0.3 is 10.4 Å². The molecule has 2 N–H and O–H groups in total. The number of nitro groups is 1. The third-order valence-electron chi connectivity index (χ3n) is 3.39. The van der Waals surface area contributed by atoms with Gasteiger partial charge in [-0.2, -0.15) is 0 Å². The maximum Gasteiger partial charge on any atom is 0.319 e. The van der Waals surface area contributed by atoms with Crippen LogP contribution >= 0.6 is 0 Å². The number of nitrogens with one attached hydrogen (secondary N) is 1. The molecule has 0 spiro atoms. The molecule has 0 bridgehead atoms. The molecule has 1 aliphatic carbocycles. The second-order valence-electron chi connectivity index (χ2n) is 4.50. The molecule has 1 saturated carbocycles. The summed E-state index contributed by atoms with van der Waals surface area (Å²) in [7, 11) is 0. The average molecular weight is 264 g/mol. The molecule has 7 heteroatoms. The second kappa shape index (κ2) is 4.68. The fourth-order valence-corrected chi connectivity index (χ4v) is 1.99. The molecule has 1 aromatic rings. The van der Waals surface area contributed by atoms with E-state index in [9.17, 15) is 19.7 Å². The molecule has 0 radical (unpaired) electrons. The third kappa shape index (κ3) is 2.26. The summed E-state index contributed by atoms with van der Waals surface area (Å²) >= 11 is 0. The van der Waals surface area contributed by atoms with E-state index in [0.717, 1.165) is 0 Å². The number of non-ortho nitro benzene ring substituents is 1. The number of aliphatic carboxylic acids is 1. The summed E-state index contributed by atoms with van der Waals surface area (Å²) in [5.74, 6) is -1.70. The number of nitro benzene ring substituents is 1. The fraction of sp³-hybridized carbons (Fsp3) is 0.333. The largest absolute Gasteiger partial charge is 0.480 e. The van der Waals surface area contributed by atoms with Gasteiger partial charge in [-0.25, -0.2) is 0 Å². The molecule has 1 amide bonds. The first kappa shape index (κ1) is 13.0. The molecule has 2 rings (SSSR count). The van der Waals surface area contributed by atoms with Crippen LogP contribution in [0.2, 0.25) is 0 Å². The van der Waals surface area contributed by atoms with E-state index < -0.39 is 22.2 Å². The molecule has 0 atom stereocenters. The monoisotopic (exact) mass is 264 g/mol. The highest BCUT2D eigenvalue weighted by Gasteiger charge is 2.51. The first-order chi connectivity index (χ1) is 8.95. The van der Waals surface area contributed by atoms with Crippen LogP contribution in [0.25, 0.3) is 0 Å². The van der Waals surface area contributed by atoms with Crippen LogP contribution in [-0.2, 0) is 9.59 Å². The van der Waals surface area contributed by atoms with Crippen molar-refractivity contribution in [3.63, 3.8) is 0 Å². The average Bonchev–Trinajstić information content (AvgIpc) is 2.27. The van der Waals surface area contributed by atoms with Crippen LogP contribution < -0.4 is 5.32 Å². The number of benzene rings is 1. The van der Waals surface area contributed by atoms with Crippen LogP contribution in [-0.4, -0.2) is 21.9 Å². The second-order valence-corrected chi connectivity index (χ2v) is 4.50. The number of carboxylic acids is 1. The molecular formula is C12H12N2O5. The number of carbonyl (C=O) groups is 2. The lowest BCUT2D eigenvalue weighted by molar-refractivity contribution is -0.384. The van der Waals surface area contributed by atoms with Crippen molar-refractivity contribution >= 4 is 23.3 Å². The van der Waals surface area contributed by atoms with Gasteiger partial charge in [0.1, 0.15) is 5.41 Å². The summed E-state index contributed by atoms with van der Waals surface area (Å²) in [6.45, 7) is 0. The molecule has 0 heterocycles. The Bertz CT molecular complexity index is 534. The van der Waals surface area contributed by atoms with Crippen LogP contribution in [0.3, 0.4) is 0 Å².